The maximum absolute atomic E-state index is 13.1. The molecule has 0 aliphatic heterocycles. The highest BCUT2D eigenvalue weighted by atomic mass is 32.1. The van der Waals surface area contributed by atoms with Gasteiger partial charge in [0.05, 0.1) is 12.6 Å². The van der Waals surface area contributed by atoms with Crippen molar-refractivity contribution in [3.63, 3.8) is 0 Å². The minimum Gasteiger partial charge on any atom is -0.497 e. The summed E-state index contributed by atoms with van der Waals surface area (Å²) in [4.78, 5) is 50.9. The minimum atomic E-state index is -0.534. The Morgan fingerprint density at radius 1 is 1.06 bits per heavy atom. The van der Waals surface area contributed by atoms with Gasteiger partial charge in [0.2, 0.25) is 11.8 Å². The SMILES string of the molecule is COc1ccc(NC(=O)CCCn2c(=O)c3sccc3n(CC(=O)NC3CCCC3)c2=O)cc1. The van der Waals surface area contributed by atoms with Crippen molar-refractivity contribution < 1.29 is 14.3 Å². The Hall–Kier alpha value is -3.40. The molecule has 2 N–H and O–H groups in total. The van der Waals surface area contributed by atoms with Gasteiger partial charge in [-0.05, 0) is 55.0 Å². The van der Waals surface area contributed by atoms with Crippen LogP contribution in [0.3, 0.4) is 0 Å². The van der Waals surface area contributed by atoms with Crippen LogP contribution in [0.5, 0.6) is 5.75 Å². The first-order valence-electron chi connectivity index (χ1n) is 11.4. The number of amides is 2. The molecule has 1 saturated carbocycles. The molecule has 180 valence electrons. The zero-order chi connectivity index (χ0) is 24.1. The molecule has 10 heteroatoms. The molecule has 2 amide bonds. The third kappa shape index (κ3) is 5.39. The van der Waals surface area contributed by atoms with Crippen molar-refractivity contribution in [3.05, 3.63) is 56.5 Å². The highest BCUT2D eigenvalue weighted by Gasteiger charge is 2.20. The van der Waals surface area contributed by atoms with Gasteiger partial charge in [0, 0.05) is 24.7 Å². The second-order valence-corrected chi connectivity index (χ2v) is 9.31. The van der Waals surface area contributed by atoms with Crippen LogP contribution >= 0.6 is 11.3 Å². The first-order chi connectivity index (χ1) is 16.5. The van der Waals surface area contributed by atoms with Crippen LogP contribution in [0.2, 0.25) is 0 Å². The molecule has 0 saturated heterocycles. The number of carbonyl (C=O) groups is 2. The number of nitrogens with zero attached hydrogens (tertiary/aromatic N) is 2. The highest BCUT2D eigenvalue weighted by Crippen LogP contribution is 2.19. The molecule has 1 aliphatic rings. The Kier molecular flexibility index (Phi) is 7.46. The number of aromatic nitrogens is 2. The molecule has 3 aromatic rings. The van der Waals surface area contributed by atoms with Crippen molar-refractivity contribution in [2.75, 3.05) is 12.4 Å². The van der Waals surface area contributed by atoms with E-state index in [2.05, 4.69) is 10.6 Å². The quantitative estimate of drug-likeness (QED) is 0.485. The number of hydrogen-bond donors (Lipinski definition) is 2. The van der Waals surface area contributed by atoms with Crippen molar-refractivity contribution in [1.82, 2.24) is 14.5 Å². The second-order valence-electron chi connectivity index (χ2n) is 8.39. The zero-order valence-corrected chi connectivity index (χ0v) is 19.9. The molecular weight excluding hydrogens is 456 g/mol. The van der Waals surface area contributed by atoms with Crippen LogP contribution in [-0.4, -0.2) is 34.1 Å². The Morgan fingerprint density at radius 2 is 1.79 bits per heavy atom. The summed E-state index contributed by atoms with van der Waals surface area (Å²) in [5.74, 6) is 0.242. The molecule has 0 unspecified atom stereocenters. The van der Waals surface area contributed by atoms with Gasteiger partial charge in [-0.15, -0.1) is 11.3 Å². The van der Waals surface area contributed by atoms with Crippen molar-refractivity contribution in [3.8, 4) is 5.75 Å². The first-order valence-corrected chi connectivity index (χ1v) is 12.3. The monoisotopic (exact) mass is 484 g/mol. The fourth-order valence-electron chi connectivity index (χ4n) is 4.27. The minimum absolute atomic E-state index is 0.0891. The van der Waals surface area contributed by atoms with Gasteiger partial charge >= 0.3 is 5.69 Å². The molecule has 2 aromatic heterocycles. The van der Waals surface area contributed by atoms with Crippen molar-refractivity contribution >= 4 is 39.1 Å². The summed E-state index contributed by atoms with van der Waals surface area (Å²) < 4.78 is 8.01. The van der Waals surface area contributed by atoms with Crippen molar-refractivity contribution in [2.24, 2.45) is 0 Å². The average molecular weight is 485 g/mol. The maximum Gasteiger partial charge on any atom is 0.332 e. The molecule has 1 fully saturated rings. The number of ether oxygens (including phenoxy) is 1. The third-order valence-corrected chi connectivity index (χ3v) is 6.91. The molecule has 4 rings (SSSR count). The topological polar surface area (TPSA) is 111 Å². The second kappa shape index (κ2) is 10.7. The molecule has 9 nitrogen and oxygen atoms in total. The van der Waals surface area contributed by atoms with Crippen LogP contribution < -0.4 is 26.6 Å². The predicted molar refractivity (Wildman–Crippen MR) is 132 cm³/mol. The van der Waals surface area contributed by atoms with E-state index in [0.29, 0.717) is 28.1 Å². The molecule has 2 heterocycles. The number of nitrogens with one attached hydrogen (secondary N) is 2. The molecule has 1 aromatic carbocycles. The van der Waals surface area contributed by atoms with Crippen LogP contribution in [0, 0.1) is 0 Å². The number of rotatable bonds is 9. The van der Waals surface area contributed by atoms with E-state index in [1.54, 1.807) is 42.8 Å². The number of benzene rings is 1. The van der Waals surface area contributed by atoms with E-state index in [0.717, 1.165) is 30.3 Å². The van der Waals surface area contributed by atoms with Gasteiger partial charge in [0.25, 0.3) is 5.56 Å². The van der Waals surface area contributed by atoms with E-state index in [4.69, 9.17) is 4.74 Å². The first kappa shape index (κ1) is 23.7. The lowest BCUT2D eigenvalue weighted by molar-refractivity contribution is -0.122. The molecule has 0 radical (unpaired) electrons. The summed E-state index contributed by atoms with van der Waals surface area (Å²) in [6, 6.07) is 8.81. The fourth-order valence-corrected chi connectivity index (χ4v) is 5.11. The third-order valence-electron chi connectivity index (χ3n) is 6.02. The largest absolute Gasteiger partial charge is 0.497 e. The summed E-state index contributed by atoms with van der Waals surface area (Å²) in [5, 5.41) is 7.52. The van der Waals surface area contributed by atoms with Gasteiger partial charge in [-0.25, -0.2) is 4.79 Å². The van der Waals surface area contributed by atoms with E-state index in [9.17, 15) is 19.2 Å². The van der Waals surface area contributed by atoms with Crippen LogP contribution in [-0.2, 0) is 22.7 Å². The summed E-state index contributed by atoms with van der Waals surface area (Å²) in [6.07, 6.45) is 4.54. The van der Waals surface area contributed by atoms with E-state index in [1.807, 2.05) is 0 Å². The molecule has 0 bridgehead atoms. The lowest BCUT2D eigenvalue weighted by Gasteiger charge is -2.15. The number of anilines is 1. The number of fused-ring (bicyclic) bond motifs is 1. The van der Waals surface area contributed by atoms with E-state index in [1.165, 1.54) is 15.9 Å². The summed E-state index contributed by atoms with van der Waals surface area (Å²) in [5.41, 5.74) is 0.180. The number of carbonyl (C=O) groups excluding carboxylic acids is 2. The van der Waals surface area contributed by atoms with Crippen molar-refractivity contribution in [2.45, 2.75) is 57.7 Å². The summed E-state index contributed by atoms with van der Waals surface area (Å²) >= 11 is 1.24. The van der Waals surface area contributed by atoms with E-state index < -0.39 is 11.2 Å². The van der Waals surface area contributed by atoms with E-state index in [-0.39, 0.29) is 37.4 Å². The molecule has 1 aliphatic carbocycles. The smallest absolute Gasteiger partial charge is 0.332 e. The molecule has 34 heavy (non-hydrogen) atoms. The van der Waals surface area contributed by atoms with Crippen LogP contribution in [0.4, 0.5) is 5.69 Å². The summed E-state index contributed by atoms with van der Waals surface area (Å²) in [6.45, 7) is -0.0490. The van der Waals surface area contributed by atoms with Gasteiger partial charge in [0.1, 0.15) is 17.0 Å². The standard InChI is InChI=1S/C24H28N4O5S/c1-33-18-10-8-17(9-11-18)25-20(29)7-4-13-27-23(31)22-19(12-14-34-22)28(24(27)32)15-21(30)26-16-5-2-3-6-16/h8-12,14,16H,2-7,13,15H2,1H3,(H,25,29)(H,26,30). The van der Waals surface area contributed by atoms with E-state index >= 15 is 0 Å². The Balaban J connectivity index is 1.44. The zero-order valence-electron chi connectivity index (χ0n) is 19.0. The van der Waals surface area contributed by atoms with Gasteiger partial charge in [-0.2, -0.15) is 0 Å². The average Bonchev–Trinajstić information content (AvgIpc) is 3.52. The molecule has 0 atom stereocenters. The van der Waals surface area contributed by atoms with Crippen molar-refractivity contribution in [1.29, 1.82) is 0 Å². The van der Waals surface area contributed by atoms with Gasteiger partial charge in [-0.3, -0.25) is 23.5 Å². The number of methoxy groups -OCH3 is 1. The van der Waals surface area contributed by atoms with Gasteiger partial charge in [-0.1, -0.05) is 12.8 Å². The Labute approximate surface area is 200 Å². The lowest BCUT2D eigenvalue weighted by Crippen LogP contribution is -2.43. The van der Waals surface area contributed by atoms with Gasteiger partial charge in [0.15, 0.2) is 0 Å². The fraction of sp³-hybridized carbons (Fsp3) is 0.417. The Bertz CT molecular complexity index is 1290. The highest BCUT2D eigenvalue weighted by molar-refractivity contribution is 7.17. The normalized spacial score (nSPS) is 13.8. The maximum atomic E-state index is 13.1. The Morgan fingerprint density at radius 3 is 2.50 bits per heavy atom. The summed E-state index contributed by atoms with van der Waals surface area (Å²) in [7, 11) is 1.57. The van der Waals surface area contributed by atoms with Crippen LogP contribution in [0.15, 0.2) is 45.3 Å². The number of thiophene rings is 1. The molecule has 0 spiro atoms. The molecular formula is C24H28N4O5S. The predicted octanol–water partition coefficient (Wildman–Crippen LogP) is 2.71. The lowest BCUT2D eigenvalue weighted by atomic mass is 10.2. The van der Waals surface area contributed by atoms with Gasteiger partial charge < -0.3 is 15.4 Å². The van der Waals surface area contributed by atoms with Crippen LogP contribution in [0.25, 0.3) is 10.2 Å². The number of hydrogen-bond acceptors (Lipinski definition) is 6. The van der Waals surface area contributed by atoms with Crippen LogP contribution in [0.1, 0.15) is 38.5 Å².